The number of hydrogen-bond acceptors (Lipinski definition) is 2. The summed E-state index contributed by atoms with van der Waals surface area (Å²) < 4.78 is 0. The van der Waals surface area contributed by atoms with Gasteiger partial charge in [0.1, 0.15) is 0 Å². The van der Waals surface area contributed by atoms with E-state index in [0.717, 1.165) is 6.42 Å². The van der Waals surface area contributed by atoms with E-state index in [2.05, 4.69) is 24.5 Å². The van der Waals surface area contributed by atoms with Crippen molar-refractivity contribution in [2.24, 2.45) is 0 Å². The minimum atomic E-state index is 0.609. The Balaban J connectivity index is 2.76. The van der Waals surface area contributed by atoms with E-state index in [0.29, 0.717) is 6.42 Å². The topological polar surface area (TPSA) is 23.8 Å². The molecule has 0 N–H and O–H groups in total. The quantitative estimate of drug-likeness (QED) is 0.663. The van der Waals surface area contributed by atoms with Gasteiger partial charge in [0.05, 0.1) is 6.07 Å². The molecular weight excluding hydrogens is 166 g/mol. The molecule has 0 aliphatic carbocycles. The molecule has 0 aliphatic heterocycles. The molecule has 0 saturated heterocycles. The number of hydrogen-bond donors (Lipinski definition) is 0. The fourth-order valence-corrected chi connectivity index (χ4v) is 1.75. The van der Waals surface area contributed by atoms with Crippen molar-refractivity contribution < 1.29 is 0 Å². The van der Waals surface area contributed by atoms with E-state index in [1.807, 2.05) is 12.1 Å². The first-order chi connectivity index (χ1) is 5.88. The summed E-state index contributed by atoms with van der Waals surface area (Å²) in [6, 6.07) is 10.4. The van der Waals surface area contributed by atoms with Gasteiger partial charge in [-0.05, 0) is 24.3 Å². The van der Waals surface area contributed by atoms with Gasteiger partial charge in [0.15, 0.2) is 0 Å². The van der Waals surface area contributed by atoms with Crippen LogP contribution >= 0.6 is 11.8 Å². The highest BCUT2D eigenvalue weighted by Crippen LogP contribution is 2.20. The number of nitrogens with zero attached hydrogens (tertiary/aromatic N) is 1. The Bertz CT molecular complexity index is 288. The summed E-state index contributed by atoms with van der Waals surface area (Å²) in [5.41, 5.74) is 1.28. The van der Waals surface area contributed by atoms with E-state index in [1.54, 1.807) is 11.8 Å². The number of thioether (sulfide) groups is 1. The monoisotopic (exact) mass is 177 g/mol. The summed E-state index contributed by atoms with van der Waals surface area (Å²) in [4.78, 5) is 1.28. The van der Waals surface area contributed by atoms with Crippen LogP contribution in [0, 0.1) is 11.3 Å². The average molecular weight is 177 g/mol. The molecule has 0 radical (unpaired) electrons. The molecule has 62 valence electrons. The van der Waals surface area contributed by atoms with Gasteiger partial charge >= 0.3 is 0 Å². The molecule has 0 bridgehead atoms. The van der Waals surface area contributed by atoms with Crippen LogP contribution in [0.3, 0.4) is 0 Å². The SMILES string of the molecule is CSc1ccccc1CCC#N. The summed E-state index contributed by atoms with van der Waals surface area (Å²) in [6.45, 7) is 0. The third-order valence-electron chi connectivity index (χ3n) is 1.70. The van der Waals surface area contributed by atoms with Crippen LogP contribution in [0.1, 0.15) is 12.0 Å². The second-order valence-electron chi connectivity index (χ2n) is 2.47. The molecule has 0 heterocycles. The minimum absolute atomic E-state index is 0.609. The molecule has 0 aliphatic rings. The first-order valence-electron chi connectivity index (χ1n) is 3.87. The van der Waals surface area contributed by atoms with Gasteiger partial charge in [0.25, 0.3) is 0 Å². The highest BCUT2D eigenvalue weighted by atomic mass is 32.2. The molecule has 12 heavy (non-hydrogen) atoms. The second kappa shape index (κ2) is 4.84. The van der Waals surface area contributed by atoms with E-state index in [-0.39, 0.29) is 0 Å². The first-order valence-corrected chi connectivity index (χ1v) is 5.10. The Labute approximate surface area is 77.4 Å². The summed E-state index contributed by atoms with van der Waals surface area (Å²) in [6.07, 6.45) is 3.54. The fraction of sp³-hybridized carbons (Fsp3) is 0.300. The molecule has 2 heteroatoms. The standard InChI is InChI=1S/C10H11NS/c1-12-10-7-3-2-5-9(10)6-4-8-11/h2-3,5,7H,4,6H2,1H3. The van der Waals surface area contributed by atoms with Crippen LogP contribution in [-0.4, -0.2) is 6.26 Å². The maximum Gasteiger partial charge on any atom is 0.0625 e. The minimum Gasteiger partial charge on any atom is -0.198 e. The van der Waals surface area contributed by atoms with Crippen molar-refractivity contribution in [1.82, 2.24) is 0 Å². The summed E-state index contributed by atoms with van der Waals surface area (Å²) in [5.74, 6) is 0. The number of rotatable bonds is 3. The molecule has 0 spiro atoms. The number of aryl methyl sites for hydroxylation is 1. The maximum absolute atomic E-state index is 8.43. The van der Waals surface area contributed by atoms with Crippen molar-refractivity contribution in [3.05, 3.63) is 29.8 Å². The van der Waals surface area contributed by atoms with Gasteiger partial charge in [-0.1, -0.05) is 18.2 Å². The predicted molar refractivity (Wildman–Crippen MR) is 52.2 cm³/mol. The lowest BCUT2D eigenvalue weighted by Crippen LogP contribution is -1.86. The Hall–Kier alpha value is -0.940. The molecule has 0 fully saturated rings. The summed E-state index contributed by atoms with van der Waals surface area (Å²) in [7, 11) is 0. The van der Waals surface area contributed by atoms with Gasteiger partial charge in [0.2, 0.25) is 0 Å². The average Bonchev–Trinajstić information content (AvgIpc) is 2.15. The normalized spacial score (nSPS) is 9.33. The Morgan fingerprint density at radius 3 is 2.83 bits per heavy atom. The molecular formula is C10H11NS. The van der Waals surface area contributed by atoms with Crippen molar-refractivity contribution in [3.63, 3.8) is 0 Å². The highest BCUT2D eigenvalue weighted by molar-refractivity contribution is 7.98. The van der Waals surface area contributed by atoms with Crippen molar-refractivity contribution >= 4 is 11.8 Å². The van der Waals surface area contributed by atoms with E-state index < -0.39 is 0 Å². The molecule has 1 nitrogen and oxygen atoms in total. The largest absolute Gasteiger partial charge is 0.198 e. The van der Waals surface area contributed by atoms with Crippen LogP contribution < -0.4 is 0 Å². The third kappa shape index (κ3) is 2.28. The van der Waals surface area contributed by atoms with E-state index >= 15 is 0 Å². The lowest BCUT2D eigenvalue weighted by atomic mass is 10.1. The van der Waals surface area contributed by atoms with Crippen LogP contribution in [0.2, 0.25) is 0 Å². The fourth-order valence-electron chi connectivity index (χ4n) is 1.10. The van der Waals surface area contributed by atoms with Gasteiger partial charge < -0.3 is 0 Å². The molecule has 0 unspecified atom stereocenters. The molecule has 0 atom stereocenters. The zero-order valence-corrected chi connectivity index (χ0v) is 7.90. The maximum atomic E-state index is 8.43. The van der Waals surface area contributed by atoms with Gasteiger partial charge in [-0.2, -0.15) is 5.26 Å². The van der Waals surface area contributed by atoms with Crippen LogP contribution in [0.25, 0.3) is 0 Å². The van der Waals surface area contributed by atoms with E-state index in [1.165, 1.54) is 10.5 Å². The van der Waals surface area contributed by atoms with Crippen molar-refractivity contribution in [1.29, 1.82) is 5.26 Å². The molecule has 0 amide bonds. The molecule has 1 aromatic rings. The lowest BCUT2D eigenvalue weighted by molar-refractivity contribution is 0.980. The zero-order valence-electron chi connectivity index (χ0n) is 7.08. The summed E-state index contributed by atoms with van der Waals surface area (Å²) in [5, 5.41) is 8.43. The van der Waals surface area contributed by atoms with Crippen LogP contribution in [0.4, 0.5) is 0 Å². The third-order valence-corrected chi connectivity index (χ3v) is 2.54. The van der Waals surface area contributed by atoms with E-state index in [9.17, 15) is 0 Å². The van der Waals surface area contributed by atoms with E-state index in [4.69, 9.17) is 5.26 Å². The van der Waals surface area contributed by atoms with Gasteiger partial charge in [-0.3, -0.25) is 0 Å². The van der Waals surface area contributed by atoms with Gasteiger partial charge in [0, 0.05) is 11.3 Å². The smallest absolute Gasteiger partial charge is 0.0625 e. The molecule has 1 aromatic carbocycles. The number of benzene rings is 1. The van der Waals surface area contributed by atoms with Crippen molar-refractivity contribution in [3.8, 4) is 6.07 Å². The second-order valence-corrected chi connectivity index (χ2v) is 3.32. The van der Waals surface area contributed by atoms with Gasteiger partial charge in [-0.25, -0.2) is 0 Å². The first kappa shape index (κ1) is 9.15. The Morgan fingerprint density at radius 1 is 1.42 bits per heavy atom. The molecule has 0 aromatic heterocycles. The lowest BCUT2D eigenvalue weighted by Gasteiger charge is -2.03. The van der Waals surface area contributed by atoms with Crippen molar-refractivity contribution in [2.75, 3.05) is 6.26 Å². The highest BCUT2D eigenvalue weighted by Gasteiger charge is 1.98. The molecule has 1 rings (SSSR count). The van der Waals surface area contributed by atoms with Crippen LogP contribution in [0.5, 0.6) is 0 Å². The predicted octanol–water partition coefficient (Wildman–Crippen LogP) is 2.86. The molecule has 0 saturated carbocycles. The van der Waals surface area contributed by atoms with Gasteiger partial charge in [-0.15, -0.1) is 11.8 Å². The van der Waals surface area contributed by atoms with Crippen molar-refractivity contribution in [2.45, 2.75) is 17.7 Å². The Kier molecular flexibility index (Phi) is 3.69. The zero-order chi connectivity index (χ0) is 8.81. The summed E-state index contributed by atoms with van der Waals surface area (Å²) >= 11 is 1.74. The van der Waals surface area contributed by atoms with Crippen LogP contribution in [-0.2, 0) is 6.42 Å². The number of nitriles is 1. The Morgan fingerprint density at radius 2 is 2.17 bits per heavy atom. The van der Waals surface area contributed by atoms with Crippen LogP contribution in [0.15, 0.2) is 29.2 Å².